The fraction of sp³-hybridized carbons (Fsp3) is 0.273. The average molecular weight is 427 g/mol. The summed E-state index contributed by atoms with van der Waals surface area (Å²) < 4.78 is 0. The summed E-state index contributed by atoms with van der Waals surface area (Å²) in [6, 6.07) is 36.6. The molecule has 2 aliphatic rings. The first kappa shape index (κ1) is 19.4. The lowest BCUT2D eigenvalue weighted by molar-refractivity contribution is 0.206. The van der Waals surface area contributed by atoms with Gasteiger partial charge in [-0.25, -0.2) is 0 Å². The Bertz CT molecular complexity index is 1490. The first-order valence-corrected chi connectivity index (χ1v) is 12.6. The molecule has 2 aliphatic carbocycles. The molecule has 2 fully saturated rings. The number of rotatable bonds is 2. The second-order valence-electron chi connectivity index (χ2n) is 10.6. The van der Waals surface area contributed by atoms with E-state index < -0.39 is 0 Å². The average Bonchev–Trinajstić information content (AvgIpc) is 3.39. The Morgan fingerprint density at radius 3 is 1.94 bits per heavy atom. The smallest absolute Gasteiger partial charge is 0.00469 e. The molecule has 0 aromatic heterocycles. The third-order valence-corrected chi connectivity index (χ3v) is 9.36. The molecule has 0 N–H and O–H groups in total. The lowest BCUT2D eigenvalue weighted by Crippen LogP contribution is -2.30. The maximum absolute atomic E-state index is 2.52. The Labute approximate surface area is 196 Å². The molecule has 6 atom stereocenters. The van der Waals surface area contributed by atoms with Gasteiger partial charge in [-0.05, 0) is 91.4 Å². The summed E-state index contributed by atoms with van der Waals surface area (Å²) in [4.78, 5) is 0. The minimum atomic E-state index is 0.568. The van der Waals surface area contributed by atoms with E-state index >= 15 is 0 Å². The lowest BCUT2D eigenvalue weighted by atomic mass is 9.64. The molecule has 2 bridgehead atoms. The van der Waals surface area contributed by atoms with Crippen molar-refractivity contribution in [2.75, 3.05) is 0 Å². The summed E-state index contributed by atoms with van der Waals surface area (Å²) in [5, 5.41) is 8.43. The highest BCUT2D eigenvalue weighted by Gasteiger charge is 2.56. The lowest BCUT2D eigenvalue weighted by Gasteiger charge is -2.40. The van der Waals surface area contributed by atoms with Crippen molar-refractivity contribution in [2.24, 2.45) is 23.7 Å². The van der Waals surface area contributed by atoms with Crippen molar-refractivity contribution >= 4 is 32.3 Å². The van der Waals surface area contributed by atoms with Gasteiger partial charge in [-0.2, -0.15) is 0 Å². The zero-order chi connectivity index (χ0) is 22.1. The van der Waals surface area contributed by atoms with E-state index in [9.17, 15) is 0 Å². The fourth-order valence-corrected chi connectivity index (χ4v) is 7.74. The summed E-state index contributed by atoms with van der Waals surface area (Å²) in [5.74, 6) is 4.25. The molecule has 162 valence electrons. The Hall–Kier alpha value is -3.12. The highest BCUT2D eigenvalue weighted by atomic mass is 14.6. The van der Waals surface area contributed by atoms with Crippen LogP contribution in [0.3, 0.4) is 0 Å². The summed E-state index contributed by atoms with van der Waals surface area (Å²) >= 11 is 0. The van der Waals surface area contributed by atoms with Crippen LogP contribution in [-0.4, -0.2) is 0 Å². The Kier molecular flexibility index (Phi) is 4.22. The molecule has 0 heterocycles. The zero-order valence-corrected chi connectivity index (χ0v) is 19.4. The van der Waals surface area contributed by atoms with Crippen molar-refractivity contribution in [2.45, 2.75) is 32.1 Å². The van der Waals surface area contributed by atoms with Crippen molar-refractivity contribution in [3.8, 4) is 0 Å². The molecule has 0 nitrogen and oxygen atoms in total. The van der Waals surface area contributed by atoms with E-state index in [1.165, 1.54) is 44.3 Å². The molecule has 5 aromatic rings. The van der Waals surface area contributed by atoms with Crippen LogP contribution in [0.1, 0.15) is 43.2 Å². The largest absolute Gasteiger partial charge is 0.0622 e. The van der Waals surface area contributed by atoms with Crippen LogP contribution in [0.25, 0.3) is 32.3 Å². The van der Waals surface area contributed by atoms with Crippen LogP contribution < -0.4 is 0 Å². The number of benzene rings is 5. The highest BCUT2D eigenvalue weighted by molar-refractivity contribution is 6.14. The van der Waals surface area contributed by atoms with Crippen LogP contribution in [-0.2, 0) is 0 Å². The molecule has 5 aromatic carbocycles. The van der Waals surface area contributed by atoms with Crippen molar-refractivity contribution < 1.29 is 0 Å². The van der Waals surface area contributed by atoms with Crippen molar-refractivity contribution in [1.29, 1.82) is 0 Å². The van der Waals surface area contributed by atoms with Crippen molar-refractivity contribution in [3.05, 3.63) is 108 Å². The predicted octanol–water partition coefficient (Wildman–Crippen LogP) is 8.94. The van der Waals surface area contributed by atoms with Crippen LogP contribution >= 0.6 is 0 Å². The second-order valence-corrected chi connectivity index (χ2v) is 10.6. The van der Waals surface area contributed by atoms with Gasteiger partial charge in [-0.15, -0.1) is 0 Å². The van der Waals surface area contributed by atoms with Crippen molar-refractivity contribution in [1.82, 2.24) is 0 Å². The van der Waals surface area contributed by atoms with Gasteiger partial charge in [0.2, 0.25) is 0 Å². The summed E-state index contributed by atoms with van der Waals surface area (Å²) in [7, 11) is 0. The molecule has 7 rings (SSSR count). The minimum Gasteiger partial charge on any atom is -0.0622 e. The minimum absolute atomic E-state index is 0.568. The van der Waals surface area contributed by atoms with Gasteiger partial charge in [0.15, 0.2) is 0 Å². The van der Waals surface area contributed by atoms with Crippen LogP contribution in [0.2, 0.25) is 0 Å². The zero-order valence-electron chi connectivity index (χ0n) is 19.4. The summed E-state index contributed by atoms with van der Waals surface area (Å²) in [5.41, 5.74) is 3.14. The van der Waals surface area contributed by atoms with Gasteiger partial charge >= 0.3 is 0 Å². The van der Waals surface area contributed by atoms with Crippen LogP contribution in [0.5, 0.6) is 0 Å². The quantitative estimate of drug-likeness (QED) is 0.195. The van der Waals surface area contributed by atoms with Crippen LogP contribution in [0.15, 0.2) is 97.1 Å². The maximum atomic E-state index is 2.52. The normalized spacial score (nSPS) is 28.8. The van der Waals surface area contributed by atoms with Gasteiger partial charge in [-0.3, -0.25) is 0 Å². The van der Waals surface area contributed by atoms with E-state index in [4.69, 9.17) is 0 Å². The number of hydrogen-bond acceptors (Lipinski definition) is 0. The third kappa shape index (κ3) is 2.70. The monoisotopic (exact) mass is 426 g/mol. The Balaban J connectivity index is 1.58. The molecule has 2 unspecified atom stereocenters. The first-order valence-electron chi connectivity index (χ1n) is 12.6. The molecule has 0 amide bonds. The second kappa shape index (κ2) is 7.19. The third-order valence-electron chi connectivity index (χ3n) is 9.36. The maximum Gasteiger partial charge on any atom is -0.00469 e. The number of hydrogen-bond donors (Lipinski definition) is 0. The first-order chi connectivity index (χ1) is 16.2. The van der Waals surface area contributed by atoms with E-state index in [1.807, 2.05) is 0 Å². The molecule has 0 aliphatic heterocycles. The molecule has 33 heavy (non-hydrogen) atoms. The van der Waals surface area contributed by atoms with Gasteiger partial charge in [0, 0.05) is 0 Å². The molecular formula is C33H30. The molecule has 0 saturated heterocycles. The topological polar surface area (TPSA) is 0 Å². The molecule has 0 heteroatoms. The van der Waals surface area contributed by atoms with Crippen LogP contribution in [0.4, 0.5) is 0 Å². The fourth-order valence-electron chi connectivity index (χ4n) is 7.74. The van der Waals surface area contributed by atoms with Gasteiger partial charge in [0.05, 0.1) is 0 Å². The van der Waals surface area contributed by atoms with E-state index in [-0.39, 0.29) is 0 Å². The highest BCUT2D eigenvalue weighted by Crippen LogP contribution is 2.66. The predicted molar refractivity (Wildman–Crippen MR) is 141 cm³/mol. The SMILES string of the molecule is CC1C(C)[C@@H]2C[C@H]1[C@@H](c1ccccc1)[C@H]2c1c2ccccc2cc2c1ccc1ccccc12. The Morgan fingerprint density at radius 2 is 1.15 bits per heavy atom. The molecule has 2 saturated carbocycles. The number of fused-ring (bicyclic) bond motifs is 6. The standard InChI is InChI=1S/C33H30/c1-20-21(2)29-19-28(20)31(23-11-4-3-5-12-23)33(29)32-26-15-9-7-13-24(26)18-30-25-14-8-6-10-22(25)16-17-27(30)32/h3-18,20-21,28-29,31,33H,19H2,1-2H3/t20?,21?,28-,29+,31-,33+/m1/s1. The molecule has 0 spiro atoms. The van der Waals surface area contributed by atoms with E-state index in [2.05, 4.69) is 111 Å². The van der Waals surface area contributed by atoms with E-state index in [0.717, 1.165) is 23.7 Å². The molecule has 0 radical (unpaired) electrons. The summed E-state index contributed by atoms with van der Waals surface area (Å²) in [6.45, 7) is 5.03. The van der Waals surface area contributed by atoms with Gasteiger partial charge < -0.3 is 0 Å². The summed E-state index contributed by atoms with van der Waals surface area (Å²) in [6.07, 6.45) is 1.37. The van der Waals surface area contributed by atoms with Crippen LogP contribution in [0, 0.1) is 23.7 Å². The molecular weight excluding hydrogens is 396 g/mol. The van der Waals surface area contributed by atoms with Gasteiger partial charge in [0.25, 0.3) is 0 Å². The van der Waals surface area contributed by atoms with E-state index in [0.29, 0.717) is 11.8 Å². The van der Waals surface area contributed by atoms with Crippen molar-refractivity contribution in [3.63, 3.8) is 0 Å². The van der Waals surface area contributed by atoms with Gasteiger partial charge in [-0.1, -0.05) is 105 Å². The Morgan fingerprint density at radius 1 is 0.515 bits per heavy atom. The van der Waals surface area contributed by atoms with Gasteiger partial charge in [0.1, 0.15) is 0 Å². The van der Waals surface area contributed by atoms with E-state index in [1.54, 1.807) is 5.56 Å².